The third-order valence-corrected chi connectivity index (χ3v) is 2.60. The molecule has 0 aliphatic rings. The van der Waals surface area contributed by atoms with Crippen molar-refractivity contribution in [1.82, 2.24) is 9.80 Å². The van der Waals surface area contributed by atoms with Crippen LogP contribution in [0.4, 0.5) is 4.79 Å². The first kappa shape index (κ1) is 16.5. The van der Waals surface area contributed by atoms with Gasteiger partial charge in [0.1, 0.15) is 0 Å². The van der Waals surface area contributed by atoms with Gasteiger partial charge >= 0.3 is 12.0 Å². The molecule has 0 aromatic heterocycles. The number of aliphatic carboxylic acids is 1. The molecule has 18 heavy (non-hydrogen) atoms. The SMILES string of the molecule is C=CCN(C(=O)N(CC)CCC(=O)O)C(C)(C)C. The van der Waals surface area contributed by atoms with Gasteiger partial charge in [0, 0.05) is 25.2 Å². The molecule has 5 nitrogen and oxygen atoms in total. The second-order valence-electron chi connectivity index (χ2n) is 5.08. The van der Waals surface area contributed by atoms with Crippen molar-refractivity contribution >= 4 is 12.0 Å². The van der Waals surface area contributed by atoms with Gasteiger partial charge in [-0.3, -0.25) is 4.79 Å². The molecule has 0 spiro atoms. The highest BCUT2D eigenvalue weighted by Gasteiger charge is 2.28. The fourth-order valence-corrected chi connectivity index (χ4v) is 1.56. The van der Waals surface area contributed by atoms with E-state index in [-0.39, 0.29) is 24.5 Å². The lowest BCUT2D eigenvalue weighted by atomic mass is 10.1. The third kappa shape index (κ3) is 5.21. The molecule has 0 rings (SSSR count). The fourth-order valence-electron chi connectivity index (χ4n) is 1.56. The molecule has 0 radical (unpaired) electrons. The number of carboxylic acids is 1. The van der Waals surface area contributed by atoms with Crippen molar-refractivity contribution in [3.63, 3.8) is 0 Å². The van der Waals surface area contributed by atoms with Crippen molar-refractivity contribution < 1.29 is 14.7 Å². The molecule has 0 aromatic rings. The fraction of sp³-hybridized carbons (Fsp3) is 0.692. The Kier molecular flexibility index (Phi) is 6.44. The molecule has 0 fully saturated rings. The molecule has 0 saturated carbocycles. The van der Waals surface area contributed by atoms with E-state index in [1.807, 2.05) is 27.7 Å². The standard InChI is InChI=1S/C13H24N2O3/c1-6-9-15(13(3,4)5)12(18)14(7-2)10-8-11(16)17/h6H,1,7-10H2,2-5H3,(H,16,17). The second kappa shape index (κ2) is 7.03. The quantitative estimate of drug-likeness (QED) is 0.741. The first-order valence-corrected chi connectivity index (χ1v) is 6.13. The van der Waals surface area contributed by atoms with Crippen LogP contribution in [0.1, 0.15) is 34.1 Å². The predicted octanol–water partition coefficient (Wildman–Crippen LogP) is 2.19. The van der Waals surface area contributed by atoms with E-state index < -0.39 is 5.97 Å². The van der Waals surface area contributed by atoms with Gasteiger partial charge in [0.25, 0.3) is 0 Å². The summed E-state index contributed by atoms with van der Waals surface area (Å²) in [6.45, 7) is 12.5. The Labute approximate surface area is 109 Å². The van der Waals surface area contributed by atoms with E-state index in [0.717, 1.165) is 0 Å². The van der Waals surface area contributed by atoms with E-state index in [2.05, 4.69) is 6.58 Å². The lowest BCUT2D eigenvalue weighted by molar-refractivity contribution is -0.137. The number of carbonyl (C=O) groups excluding carboxylic acids is 1. The zero-order valence-corrected chi connectivity index (χ0v) is 11.8. The summed E-state index contributed by atoms with van der Waals surface area (Å²) in [5, 5.41) is 8.67. The van der Waals surface area contributed by atoms with E-state index >= 15 is 0 Å². The van der Waals surface area contributed by atoms with Crippen molar-refractivity contribution in [2.45, 2.75) is 39.7 Å². The van der Waals surface area contributed by atoms with Crippen LogP contribution in [-0.2, 0) is 4.79 Å². The van der Waals surface area contributed by atoms with Gasteiger partial charge in [0.05, 0.1) is 6.42 Å². The van der Waals surface area contributed by atoms with Crippen molar-refractivity contribution in [3.05, 3.63) is 12.7 Å². The van der Waals surface area contributed by atoms with Crippen molar-refractivity contribution in [2.24, 2.45) is 0 Å². The van der Waals surface area contributed by atoms with Gasteiger partial charge in [-0.05, 0) is 27.7 Å². The highest BCUT2D eigenvalue weighted by Crippen LogP contribution is 2.16. The summed E-state index contributed by atoms with van der Waals surface area (Å²) in [6, 6.07) is -0.147. The Hall–Kier alpha value is -1.52. The number of nitrogens with zero attached hydrogens (tertiary/aromatic N) is 2. The van der Waals surface area contributed by atoms with Gasteiger partial charge in [0.15, 0.2) is 0 Å². The second-order valence-corrected chi connectivity index (χ2v) is 5.08. The smallest absolute Gasteiger partial charge is 0.320 e. The molecule has 0 aromatic carbocycles. The zero-order chi connectivity index (χ0) is 14.3. The lowest BCUT2D eigenvalue weighted by Gasteiger charge is -2.38. The first-order valence-electron chi connectivity index (χ1n) is 6.13. The molecule has 0 atom stereocenters. The molecule has 2 amide bonds. The Morgan fingerprint density at radius 1 is 1.33 bits per heavy atom. The minimum Gasteiger partial charge on any atom is -0.481 e. The highest BCUT2D eigenvalue weighted by atomic mass is 16.4. The molecule has 0 aliphatic carbocycles. The Balaban J connectivity index is 4.80. The van der Waals surface area contributed by atoms with E-state index in [1.54, 1.807) is 15.9 Å². The maximum absolute atomic E-state index is 12.3. The Morgan fingerprint density at radius 2 is 1.89 bits per heavy atom. The predicted molar refractivity (Wildman–Crippen MR) is 71.6 cm³/mol. The minimum absolute atomic E-state index is 0.0361. The monoisotopic (exact) mass is 256 g/mol. The summed E-state index contributed by atoms with van der Waals surface area (Å²) < 4.78 is 0. The van der Waals surface area contributed by atoms with E-state index in [0.29, 0.717) is 13.1 Å². The topological polar surface area (TPSA) is 60.9 Å². The normalized spacial score (nSPS) is 10.9. The van der Waals surface area contributed by atoms with Crippen molar-refractivity contribution in [2.75, 3.05) is 19.6 Å². The van der Waals surface area contributed by atoms with E-state index in [9.17, 15) is 9.59 Å². The molecule has 0 heterocycles. The number of amides is 2. The van der Waals surface area contributed by atoms with Gasteiger partial charge in [0.2, 0.25) is 0 Å². The maximum atomic E-state index is 12.3. The van der Waals surface area contributed by atoms with Crippen molar-refractivity contribution in [3.8, 4) is 0 Å². The van der Waals surface area contributed by atoms with Gasteiger partial charge < -0.3 is 14.9 Å². The minimum atomic E-state index is -0.896. The average Bonchev–Trinajstić information content (AvgIpc) is 2.24. The summed E-state index contributed by atoms with van der Waals surface area (Å²) >= 11 is 0. The van der Waals surface area contributed by atoms with Crippen LogP contribution in [0.25, 0.3) is 0 Å². The maximum Gasteiger partial charge on any atom is 0.320 e. The largest absolute Gasteiger partial charge is 0.481 e. The van der Waals surface area contributed by atoms with Crippen LogP contribution < -0.4 is 0 Å². The van der Waals surface area contributed by atoms with Crippen molar-refractivity contribution in [1.29, 1.82) is 0 Å². The zero-order valence-electron chi connectivity index (χ0n) is 11.8. The highest BCUT2D eigenvalue weighted by molar-refractivity contribution is 5.76. The first-order chi connectivity index (χ1) is 8.23. The van der Waals surface area contributed by atoms with Gasteiger partial charge in [-0.2, -0.15) is 0 Å². The number of carbonyl (C=O) groups is 2. The molecule has 0 unspecified atom stereocenters. The Bertz CT molecular complexity index is 308. The number of carboxylic acid groups (broad SMARTS) is 1. The molecule has 0 aliphatic heterocycles. The summed E-state index contributed by atoms with van der Waals surface area (Å²) in [5.74, 6) is -0.896. The van der Waals surface area contributed by atoms with Crippen LogP contribution in [-0.4, -0.2) is 52.1 Å². The van der Waals surface area contributed by atoms with E-state index in [4.69, 9.17) is 5.11 Å². The van der Waals surface area contributed by atoms with Crippen LogP contribution in [0.15, 0.2) is 12.7 Å². The van der Waals surface area contributed by atoms with Crippen LogP contribution in [0.2, 0.25) is 0 Å². The van der Waals surface area contributed by atoms with Gasteiger partial charge in [-0.15, -0.1) is 6.58 Å². The number of rotatable bonds is 6. The Morgan fingerprint density at radius 3 is 2.22 bits per heavy atom. The molecular weight excluding hydrogens is 232 g/mol. The molecular formula is C13H24N2O3. The van der Waals surface area contributed by atoms with Crippen LogP contribution in [0.3, 0.4) is 0 Å². The van der Waals surface area contributed by atoms with Crippen LogP contribution in [0.5, 0.6) is 0 Å². The average molecular weight is 256 g/mol. The summed E-state index contributed by atoms with van der Waals surface area (Å²) in [5.41, 5.74) is -0.318. The summed E-state index contributed by atoms with van der Waals surface area (Å²) in [7, 11) is 0. The lowest BCUT2D eigenvalue weighted by Crippen LogP contribution is -2.52. The molecule has 104 valence electrons. The van der Waals surface area contributed by atoms with Crippen LogP contribution >= 0.6 is 0 Å². The summed E-state index contributed by atoms with van der Waals surface area (Å²) in [6.07, 6.45) is 1.64. The number of urea groups is 1. The van der Waals surface area contributed by atoms with Gasteiger partial charge in [-0.25, -0.2) is 4.79 Å². The molecule has 0 saturated heterocycles. The number of hydrogen-bond acceptors (Lipinski definition) is 2. The third-order valence-electron chi connectivity index (χ3n) is 2.60. The van der Waals surface area contributed by atoms with Gasteiger partial charge in [-0.1, -0.05) is 6.08 Å². The van der Waals surface area contributed by atoms with Crippen LogP contribution in [0, 0.1) is 0 Å². The molecule has 5 heteroatoms. The number of hydrogen-bond donors (Lipinski definition) is 1. The molecule has 1 N–H and O–H groups in total. The molecule has 0 bridgehead atoms. The van der Waals surface area contributed by atoms with E-state index in [1.165, 1.54) is 0 Å². The summed E-state index contributed by atoms with van der Waals surface area (Å²) in [4.78, 5) is 26.1.